The maximum atomic E-state index is 13.7. The first-order valence-electron chi connectivity index (χ1n) is 12.8. The van der Waals surface area contributed by atoms with Crippen LogP contribution in [0.4, 0.5) is 10.3 Å². The zero-order valence-electron chi connectivity index (χ0n) is 21.8. The van der Waals surface area contributed by atoms with Gasteiger partial charge in [0.15, 0.2) is 5.82 Å². The highest BCUT2D eigenvalue weighted by Gasteiger charge is 2.40. The Morgan fingerprint density at radius 3 is 2.64 bits per heavy atom. The van der Waals surface area contributed by atoms with Crippen molar-refractivity contribution in [2.24, 2.45) is 5.41 Å². The number of halogens is 1. The minimum Gasteiger partial charge on any atom is -0.355 e. The molecule has 4 heterocycles. The van der Waals surface area contributed by atoms with Crippen molar-refractivity contribution >= 4 is 11.9 Å². The molecular formula is C28H30FN7O3. The van der Waals surface area contributed by atoms with E-state index in [-0.39, 0.29) is 24.9 Å². The maximum Gasteiger partial charge on any atom is 0.230 e. The van der Waals surface area contributed by atoms with Crippen LogP contribution in [0, 0.1) is 11.2 Å². The van der Waals surface area contributed by atoms with Crippen LogP contribution in [0.3, 0.4) is 0 Å². The molecular weight excluding hydrogens is 501 g/mol. The summed E-state index contributed by atoms with van der Waals surface area (Å²) in [7, 11) is 0. The van der Waals surface area contributed by atoms with Crippen LogP contribution in [-0.2, 0) is 20.8 Å². The summed E-state index contributed by atoms with van der Waals surface area (Å²) >= 11 is 0. The minimum absolute atomic E-state index is 0.109. The fourth-order valence-electron chi connectivity index (χ4n) is 4.12. The molecule has 5 rings (SSSR count). The van der Waals surface area contributed by atoms with E-state index < -0.39 is 11.7 Å². The molecule has 1 aliphatic heterocycles. The SMILES string of the molecule is CCCNC(=O)C1(C)COC(c2nc(-c3ccc(F)cc3)c(-c3ccnc(NCc4cccnc4)n3)[nH]2)OC1. The molecule has 1 saturated heterocycles. The van der Waals surface area contributed by atoms with Gasteiger partial charge in [-0.3, -0.25) is 9.78 Å². The van der Waals surface area contributed by atoms with E-state index >= 15 is 0 Å². The first-order valence-corrected chi connectivity index (χ1v) is 12.8. The number of nitrogens with one attached hydrogen (secondary N) is 3. The Labute approximate surface area is 225 Å². The second-order valence-electron chi connectivity index (χ2n) is 9.60. The fourth-order valence-corrected chi connectivity index (χ4v) is 4.12. The van der Waals surface area contributed by atoms with Gasteiger partial charge in [-0.15, -0.1) is 0 Å². The topological polar surface area (TPSA) is 127 Å². The van der Waals surface area contributed by atoms with Gasteiger partial charge < -0.3 is 25.1 Å². The van der Waals surface area contributed by atoms with Crippen LogP contribution in [0.2, 0.25) is 0 Å². The minimum atomic E-state index is -0.810. The predicted molar refractivity (Wildman–Crippen MR) is 143 cm³/mol. The Kier molecular flexibility index (Phi) is 7.89. The molecule has 0 unspecified atom stereocenters. The molecule has 1 aromatic carbocycles. The summed E-state index contributed by atoms with van der Waals surface area (Å²) in [4.78, 5) is 33.8. The average Bonchev–Trinajstić information content (AvgIpc) is 3.42. The van der Waals surface area contributed by atoms with Gasteiger partial charge in [-0.05, 0) is 55.3 Å². The Bertz CT molecular complexity index is 1400. The summed E-state index contributed by atoms with van der Waals surface area (Å²) in [6, 6.07) is 11.6. The number of hydrogen-bond acceptors (Lipinski definition) is 8. The van der Waals surface area contributed by atoms with E-state index in [4.69, 9.17) is 14.5 Å². The third kappa shape index (κ3) is 6.10. The zero-order valence-corrected chi connectivity index (χ0v) is 21.8. The van der Waals surface area contributed by atoms with Crippen molar-refractivity contribution in [3.05, 3.63) is 78.3 Å². The Morgan fingerprint density at radius 2 is 1.92 bits per heavy atom. The third-order valence-corrected chi connectivity index (χ3v) is 6.34. The number of H-pyrrole nitrogens is 1. The molecule has 1 fully saturated rings. The molecule has 4 aromatic rings. The number of pyridine rings is 1. The van der Waals surface area contributed by atoms with Crippen LogP contribution >= 0.6 is 0 Å². The van der Waals surface area contributed by atoms with Crippen molar-refractivity contribution in [1.29, 1.82) is 0 Å². The highest BCUT2D eigenvalue weighted by molar-refractivity contribution is 5.82. The van der Waals surface area contributed by atoms with Crippen LogP contribution in [0.15, 0.2) is 61.1 Å². The second-order valence-corrected chi connectivity index (χ2v) is 9.60. The van der Waals surface area contributed by atoms with Crippen LogP contribution in [0.25, 0.3) is 22.6 Å². The second kappa shape index (κ2) is 11.7. The Balaban J connectivity index is 1.41. The monoisotopic (exact) mass is 531 g/mol. The number of imidazole rings is 1. The first-order chi connectivity index (χ1) is 18.9. The lowest BCUT2D eigenvalue weighted by atomic mass is 9.91. The number of hydrogen-bond donors (Lipinski definition) is 3. The summed E-state index contributed by atoms with van der Waals surface area (Å²) in [5.41, 5.74) is 2.62. The summed E-state index contributed by atoms with van der Waals surface area (Å²) < 4.78 is 25.6. The van der Waals surface area contributed by atoms with E-state index in [0.29, 0.717) is 47.5 Å². The van der Waals surface area contributed by atoms with Crippen molar-refractivity contribution in [1.82, 2.24) is 30.2 Å². The number of ether oxygens (including phenoxy) is 2. The van der Waals surface area contributed by atoms with Crippen LogP contribution in [0.1, 0.15) is 37.9 Å². The molecule has 0 bridgehead atoms. The Morgan fingerprint density at radius 1 is 1.13 bits per heavy atom. The largest absolute Gasteiger partial charge is 0.355 e. The number of rotatable bonds is 9. The number of carbonyl (C=O) groups excluding carboxylic acids is 1. The number of nitrogens with zero attached hydrogens (tertiary/aromatic N) is 4. The predicted octanol–water partition coefficient (Wildman–Crippen LogP) is 4.26. The van der Waals surface area contributed by atoms with Crippen LogP contribution < -0.4 is 10.6 Å². The van der Waals surface area contributed by atoms with Crippen LogP contribution in [-0.4, -0.2) is 50.6 Å². The Hall–Kier alpha value is -4.22. The van der Waals surface area contributed by atoms with Crippen molar-refractivity contribution in [3.8, 4) is 22.6 Å². The first kappa shape index (κ1) is 26.4. The van der Waals surface area contributed by atoms with Gasteiger partial charge in [0.2, 0.25) is 18.1 Å². The summed E-state index contributed by atoms with van der Waals surface area (Å²) in [5, 5.41) is 6.12. The molecule has 3 aromatic heterocycles. The van der Waals surface area contributed by atoms with Gasteiger partial charge in [0.05, 0.1) is 35.7 Å². The smallest absolute Gasteiger partial charge is 0.230 e. The van der Waals surface area contributed by atoms with E-state index in [1.165, 1.54) is 12.1 Å². The van der Waals surface area contributed by atoms with Crippen molar-refractivity contribution in [2.45, 2.75) is 33.1 Å². The number of amides is 1. The quantitative estimate of drug-likeness (QED) is 0.292. The van der Waals surface area contributed by atoms with Crippen molar-refractivity contribution in [2.75, 3.05) is 25.1 Å². The molecule has 202 valence electrons. The molecule has 10 nitrogen and oxygen atoms in total. The highest BCUT2D eigenvalue weighted by atomic mass is 19.1. The van der Waals surface area contributed by atoms with E-state index in [9.17, 15) is 9.18 Å². The average molecular weight is 532 g/mol. The number of anilines is 1. The lowest BCUT2D eigenvalue weighted by molar-refractivity contribution is -0.231. The lowest BCUT2D eigenvalue weighted by Crippen LogP contribution is -2.48. The number of aromatic nitrogens is 5. The van der Waals surface area contributed by atoms with Gasteiger partial charge >= 0.3 is 0 Å². The van der Waals surface area contributed by atoms with Gasteiger partial charge in [0, 0.05) is 37.2 Å². The van der Waals surface area contributed by atoms with E-state index in [0.717, 1.165) is 12.0 Å². The molecule has 0 aliphatic carbocycles. The molecule has 1 amide bonds. The third-order valence-electron chi connectivity index (χ3n) is 6.34. The fraction of sp³-hybridized carbons (Fsp3) is 0.321. The molecule has 3 N–H and O–H groups in total. The number of carbonyl (C=O) groups is 1. The molecule has 0 spiro atoms. The number of aromatic amines is 1. The lowest BCUT2D eigenvalue weighted by Gasteiger charge is -2.35. The molecule has 0 atom stereocenters. The van der Waals surface area contributed by atoms with Gasteiger partial charge in [0.1, 0.15) is 5.82 Å². The van der Waals surface area contributed by atoms with E-state index in [1.54, 1.807) is 36.8 Å². The molecule has 11 heteroatoms. The molecule has 1 aliphatic rings. The van der Waals surface area contributed by atoms with Gasteiger partial charge in [-0.25, -0.2) is 19.3 Å². The summed E-state index contributed by atoms with van der Waals surface area (Å²) in [5.74, 6) is 0.391. The van der Waals surface area contributed by atoms with E-state index in [2.05, 4.69) is 30.6 Å². The maximum absolute atomic E-state index is 13.7. The molecule has 0 saturated carbocycles. The van der Waals surface area contributed by atoms with Gasteiger partial charge in [-0.2, -0.15) is 0 Å². The zero-order chi connectivity index (χ0) is 27.2. The van der Waals surface area contributed by atoms with E-state index in [1.807, 2.05) is 26.0 Å². The summed E-state index contributed by atoms with van der Waals surface area (Å²) in [6.45, 7) is 5.25. The standard InChI is InChI=1S/C28H30FN7O3/c1-3-11-31-26(37)28(2)16-38-25(39-17-28)24-35-22(19-6-8-20(29)9-7-19)23(36-24)21-10-13-32-27(34-21)33-15-18-5-4-12-30-14-18/h4-10,12-14,25H,3,11,15-17H2,1-2H3,(H,31,37)(H,35,36)(H,32,33,34). The highest BCUT2D eigenvalue weighted by Crippen LogP contribution is 2.35. The van der Waals surface area contributed by atoms with Crippen molar-refractivity contribution < 1.29 is 18.7 Å². The molecule has 0 radical (unpaired) electrons. The number of benzene rings is 1. The van der Waals surface area contributed by atoms with Gasteiger partial charge in [-0.1, -0.05) is 13.0 Å². The molecule has 39 heavy (non-hydrogen) atoms. The normalized spacial score (nSPS) is 19.0. The van der Waals surface area contributed by atoms with Crippen LogP contribution in [0.5, 0.6) is 0 Å². The van der Waals surface area contributed by atoms with Crippen molar-refractivity contribution in [3.63, 3.8) is 0 Å². The van der Waals surface area contributed by atoms with Gasteiger partial charge in [0.25, 0.3) is 0 Å². The summed E-state index contributed by atoms with van der Waals surface area (Å²) in [6.07, 6.45) is 5.17.